The van der Waals surface area contributed by atoms with Crippen LogP contribution >= 0.6 is 0 Å². The number of hydrogen-bond donors (Lipinski definition) is 1. The third-order valence-corrected chi connectivity index (χ3v) is 3.87. The van der Waals surface area contributed by atoms with E-state index in [0.717, 1.165) is 16.9 Å². The Balaban J connectivity index is 2.36. The highest BCUT2D eigenvalue weighted by atomic mass is 16.4. The first-order valence-electron chi connectivity index (χ1n) is 7.93. The highest BCUT2D eigenvalue weighted by molar-refractivity contribution is 5.95. The van der Waals surface area contributed by atoms with Crippen LogP contribution in [0.4, 0.5) is 0 Å². The minimum Gasteiger partial charge on any atom is -0.481 e. The van der Waals surface area contributed by atoms with Gasteiger partial charge in [0.15, 0.2) is 0 Å². The Morgan fingerprint density at radius 2 is 1.88 bits per heavy atom. The lowest BCUT2D eigenvalue weighted by molar-refractivity contribution is -0.137. The summed E-state index contributed by atoms with van der Waals surface area (Å²) in [6.07, 6.45) is 1.49. The van der Waals surface area contributed by atoms with Crippen molar-refractivity contribution < 1.29 is 14.7 Å². The Morgan fingerprint density at radius 3 is 2.42 bits per heavy atom. The van der Waals surface area contributed by atoms with Crippen molar-refractivity contribution in [2.24, 2.45) is 0 Å². The van der Waals surface area contributed by atoms with E-state index in [1.165, 1.54) is 4.90 Å². The molecule has 1 aromatic carbocycles. The average Bonchev–Trinajstić information content (AvgIpc) is 2.97. The highest BCUT2D eigenvalue weighted by Gasteiger charge is 2.23. The molecule has 0 unspecified atom stereocenters. The van der Waals surface area contributed by atoms with Crippen molar-refractivity contribution in [3.05, 3.63) is 47.3 Å². The molecule has 1 aromatic heterocycles. The van der Waals surface area contributed by atoms with E-state index in [-0.39, 0.29) is 24.8 Å². The Bertz CT molecular complexity index is 732. The van der Waals surface area contributed by atoms with Crippen LogP contribution in [0.25, 0.3) is 5.69 Å². The molecule has 0 fully saturated rings. The van der Waals surface area contributed by atoms with E-state index < -0.39 is 5.97 Å². The maximum absolute atomic E-state index is 12.7. The van der Waals surface area contributed by atoms with Gasteiger partial charge in [-0.25, -0.2) is 4.68 Å². The predicted octanol–water partition coefficient (Wildman–Crippen LogP) is 2.85. The summed E-state index contributed by atoms with van der Waals surface area (Å²) in [5.74, 6) is -1.03. The molecular formula is C18H23N3O3. The van der Waals surface area contributed by atoms with Crippen molar-refractivity contribution in [2.45, 2.75) is 33.1 Å². The van der Waals surface area contributed by atoms with E-state index in [4.69, 9.17) is 5.11 Å². The van der Waals surface area contributed by atoms with Gasteiger partial charge in [-0.15, -0.1) is 0 Å². The van der Waals surface area contributed by atoms with Crippen molar-refractivity contribution in [3.63, 3.8) is 0 Å². The molecule has 6 heteroatoms. The lowest BCUT2D eigenvalue weighted by Gasteiger charge is -2.18. The van der Waals surface area contributed by atoms with Crippen LogP contribution in [-0.4, -0.2) is 45.3 Å². The van der Waals surface area contributed by atoms with E-state index in [1.807, 2.05) is 45.0 Å². The van der Waals surface area contributed by atoms with Crippen molar-refractivity contribution in [3.8, 4) is 5.69 Å². The number of carboxylic acid groups (broad SMARTS) is 1. The normalized spacial score (nSPS) is 10.9. The summed E-state index contributed by atoms with van der Waals surface area (Å²) in [4.78, 5) is 24.8. The summed E-state index contributed by atoms with van der Waals surface area (Å²) in [6, 6.07) is 7.94. The van der Waals surface area contributed by atoms with Crippen molar-refractivity contribution in [1.29, 1.82) is 0 Å². The van der Waals surface area contributed by atoms with Crippen molar-refractivity contribution >= 4 is 11.9 Å². The first kappa shape index (κ1) is 17.7. The zero-order valence-corrected chi connectivity index (χ0v) is 14.5. The second kappa shape index (κ2) is 7.29. The van der Waals surface area contributed by atoms with Crippen LogP contribution in [0, 0.1) is 6.92 Å². The van der Waals surface area contributed by atoms with Gasteiger partial charge >= 0.3 is 5.97 Å². The minimum atomic E-state index is -0.922. The maximum atomic E-state index is 12.7. The van der Waals surface area contributed by atoms with Gasteiger partial charge in [0.1, 0.15) is 0 Å². The maximum Gasteiger partial charge on any atom is 0.305 e. The summed E-state index contributed by atoms with van der Waals surface area (Å²) in [7, 11) is 1.61. The second-order valence-electron chi connectivity index (χ2n) is 6.22. The lowest BCUT2D eigenvalue weighted by Crippen LogP contribution is -2.29. The van der Waals surface area contributed by atoms with Crippen LogP contribution < -0.4 is 0 Å². The molecule has 6 nitrogen and oxygen atoms in total. The zero-order chi connectivity index (χ0) is 17.9. The van der Waals surface area contributed by atoms with E-state index in [0.29, 0.717) is 5.56 Å². The van der Waals surface area contributed by atoms with E-state index in [2.05, 4.69) is 5.10 Å². The molecule has 0 saturated carbocycles. The first-order chi connectivity index (χ1) is 11.3. The SMILES string of the molecule is Cc1ccc(-n2ncc(C(=O)N(C)CCC(=O)O)c2C(C)C)cc1. The van der Waals surface area contributed by atoms with Crippen LogP contribution in [0.3, 0.4) is 0 Å². The van der Waals surface area contributed by atoms with E-state index in [9.17, 15) is 9.59 Å². The van der Waals surface area contributed by atoms with Gasteiger partial charge in [-0.1, -0.05) is 31.5 Å². The molecule has 0 bridgehead atoms. The zero-order valence-electron chi connectivity index (χ0n) is 14.5. The van der Waals surface area contributed by atoms with Gasteiger partial charge in [0.05, 0.1) is 29.6 Å². The topological polar surface area (TPSA) is 75.4 Å². The molecular weight excluding hydrogens is 306 g/mol. The van der Waals surface area contributed by atoms with Gasteiger partial charge in [0.25, 0.3) is 5.91 Å². The largest absolute Gasteiger partial charge is 0.481 e. The van der Waals surface area contributed by atoms with E-state index >= 15 is 0 Å². The molecule has 1 heterocycles. The Morgan fingerprint density at radius 1 is 1.25 bits per heavy atom. The molecule has 0 aliphatic heterocycles. The number of aliphatic carboxylic acids is 1. The fourth-order valence-corrected chi connectivity index (χ4v) is 2.54. The molecule has 128 valence electrons. The lowest BCUT2D eigenvalue weighted by atomic mass is 10.0. The summed E-state index contributed by atoms with van der Waals surface area (Å²) < 4.78 is 1.78. The Hall–Kier alpha value is -2.63. The number of aryl methyl sites for hydroxylation is 1. The molecule has 0 spiro atoms. The average molecular weight is 329 g/mol. The smallest absolute Gasteiger partial charge is 0.305 e. The monoisotopic (exact) mass is 329 g/mol. The third kappa shape index (κ3) is 3.82. The number of hydrogen-bond acceptors (Lipinski definition) is 3. The summed E-state index contributed by atoms with van der Waals surface area (Å²) in [5, 5.41) is 13.2. The number of carbonyl (C=O) groups excluding carboxylic acids is 1. The fraction of sp³-hybridized carbons (Fsp3) is 0.389. The van der Waals surface area contributed by atoms with Crippen LogP contribution in [0.2, 0.25) is 0 Å². The minimum absolute atomic E-state index is 0.0780. The number of nitrogens with zero attached hydrogens (tertiary/aromatic N) is 3. The van der Waals surface area contributed by atoms with Gasteiger partial charge in [0, 0.05) is 13.6 Å². The molecule has 0 radical (unpaired) electrons. The number of carboxylic acids is 1. The number of rotatable bonds is 6. The van der Waals surface area contributed by atoms with Gasteiger partial charge < -0.3 is 10.0 Å². The van der Waals surface area contributed by atoms with E-state index in [1.54, 1.807) is 17.9 Å². The van der Waals surface area contributed by atoms with Gasteiger partial charge in [-0.05, 0) is 25.0 Å². The molecule has 0 aliphatic carbocycles. The molecule has 0 atom stereocenters. The number of amides is 1. The quantitative estimate of drug-likeness (QED) is 0.884. The summed E-state index contributed by atoms with van der Waals surface area (Å²) in [6.45, 7) is 6.20. The second-order valence-corrected chi connectivity index (χ2v) is 6.22. The summed E-state index contributed by atoms with van der Waals surface area (Å²) in [5.41, 5.74) is 3.39. The third-order valence-electron chi connectivity index (χ3n) is 3.87. The van der Waals surface area contributed by atoms with Crippen LogP contribution in [-0.2, 0) is 4.79 Å². The molecule has 1 N–H and O–H groups in total. The van der Waals surface area contributed by atoms with Crippen molar-refractivity contribution in [2.75, 3.05) is 13.6 Å². The van der Waals surface area contributed by atoms with Gasteiger partial charge in [-0.2, -0.15) is 5.10 Å². The molecule has 24 heavy (non-hydrogen) atoms. The number of carbonyl (C=O) groups is 2. The standard InChI is InChI=1S/C18H23N3O3/c1-12(2)17-15(18(24)20(4)10-9-16(22)23)11-19-21(17)14-7-5-13(3)6-8-14/h5-8,11-12H,9-10H2,1-4H3,(H,22,23). The van der Waals surface area contributed by atoms with Crippen LogP contribution in [0.1, 0.15) is 47.8 Å². The number of aromatic nitrogens is 2. The molecule has 2 aromatic rings. The first-order valence-corrected chi connectivity index (χ1v) is 7.93. The predicted molar refractivity (Wildman–Crippen MR) is 91.6 cm³/mol. The highest BCUT2D eigenvalue weighted by Crippen LogP contribution is 2.24. The van der Waals surface area contributed by atoms with Gasteiger partial charge in [0.2, 0.25) is 0 Å². The Kier molecular flexibility index (Phi) is 5.39. The van der Waals surface area contributed by atoms with Crippen LogP contribution in [0.5, 0.6) is 0 Å². The summed E-state index contributed by atoms with van der Waals surface area (Å²) >= 11 is 0. The van der Waals surface area contributed by atoms with Crippen molar-refractivity contribution in [1.82, 2.24) is 14.7 Å². The van der Waals surface area contributed by atoms with Gasteiger partial charge in [-0.3, -0.25) is 9.59 Å². The molecule has 2 rings (SSSR count). The number of benzene rings is 1. The molecule has 0 saturated heterocycles. The Labute approximate surface area is 141 Å². The fourth-order valence-electron chi connectivity index (χ4n) is 2.54. The molecule has 0 aliphatic rings. The molecule has 1 amide bonds. The van der Waals surface area contributed by atoms with Crippen LogP contribution in [0.15, 0.2) is 30.5 Å².